The van der Waals surface area contributed by atoms with Crippen LogP contribution in [0.25, 0.3) is 10.9 Å². The first-order valence-corrected chi connectivity index (χ1v) is 15.1. The average Bonchev–Trinajstić information content (AvgIpc) is 3.22. The van der Waals surface area contributed by atoms with Gasteiger partial charge in [-0.05, 0) is 32.0 Å². The van der Waals surface area contributed by atoms with Crippen molar-refractivity contribution in [3.05, 3.63) is 29.3 Å². The Morgan fingerprint density at radius 1 is 1.02 bits per heavy atom. The fourth-order valence-electron chi connectivity index (χ4n) is 4.71. The number of nitrogens with one attached hydrogen (secondary N) is 1. The zero-order chi connectivity index (χ0) is 31.3. The van der Waals surface area contributed by atoms with E-state index in [1.807, 2.05) is 0 Å². The van der Waals surface area contributed by atoms with Crippen LogP contribution in [0.5, 0.6) is 0 Å². The summed E-state index contributed by atoms with van der Waals surface area (Å²) >= 11 is 0. The molecule has 0 radical (unpaired) electrons. The molecule has 0 aliphatic carbocycles. The molecule has 1 aromatic carbocycles. The Morgan fingerprint density at radius 3 is 2.35 bits per heavy atom. The Balaban J connectivity index is 1.83. The normalized spacial score (nSPS) is 16.1. The summed E-state index contributed by atoms with van der Waals surface area (Å²) in [6, 6.07) is 2.67. The number of fused-ring (bicyclic) bond motifs is 3. The van der Waals surface area contributed by atoms with E-state index in [0.717, 1.165) is 4.90 Å². The Labute approximate surface area is 247 Å². The molecule has 43 heavy (non-hydrogen) atoms. The fourth-order valence-corrected chi connectivity index (χ4v) is 6.14. The van der Waals surface area contributed by atoms with Crippen LogP contribution in [0.3, 0.4) is 0 Å². The first-order chi connectivity index (χ1) is 20.5. The van der Waals surface area contributed by atoms with Crippen LogP contribution < -0.4 is 5.32 Å². The second-order valence-electron chi connectivity index (χ2n) is 9.47. The van der Waals surface area contributed by atoms with Gasteiger partial charge in [-0.3, -0.25) is 24.1 Å². The Hall–Kier alpha value is -4.15. The van der Waals surface area contributed by atoms with Gasteiger partial charge in [0.05, 0.1) is 60.9 Å². The highest BCUT2D eigenvalue weighted by Gasteiger charge is 2.41. The minimum Gasteiger partial charge on any atom is -0.466 e. The molecular formula is C27H32N4O11S. The minimum atomic E-state index is -3.97. The predicted molar refractivity (Wildman–Crippen MR) is 149 cm³/mol. The smallest absolute Gasteiger partial charge is 0.329 e. The SMILES string of the molecule is CCOC(=O)C[C@@H](Nc1nc2ccc(S(=O)(=O)N3CCOCC3)cc2c2c1C(=O)N(CCOC(C)=O)C2=O)C(=O)OCC. The quantitative estimate of drug-likeness (QED) is 0.199. The van der Waals surface area contributed by atoms with E-state index in [2.05, 4.69) is 10.3 Å². The maximum absolute atomic E-state index is 13.7. The zero-order valence-corrected chi connectivity index (χ0v) is 24.7. The van der Waals surface area contributed by atoms with Gasteiger partial charge in [0, 0.05) is 25.4 Å². The molecule has 15 nitrogen and oxygen atoms in total. The Morgan fingerprint density at radius 2 is 1.70 bits per heavy atom. The van der Waals surface area contributed by atoms with Crippen molar-refractivity contribution >= 4 is 56.5 Å². The van der Waals surface area contributed by atoms with Gasteiger partial charge in [0.15, 0.2) is 0 Å². The first-order valence-electron chi connectivity index (χ1n) is 13.6. The van der Waals surface area contributed by atoms with Gasteiger partial charge in [0.1, 0.15) is 18.5 Å². The number of pyridine rings is 1. The molecule has 0 spiro atoms. The number of imide groups is 1. The number of aromatic nitrogens is 1. The molecule has 1 atom stereocenters. The van der Waals surface area contributed by atoms with Crippen LogP contribution in [0.1, 0.15) is 47.9 Å². The Kier molecular flexibility index (Phi) is 9.93. The van der Waals surface area contributed by atoms with Gasteiger partial charge in [-0.15, -0.1) is 0 Å². The van der Waals surface area contributed by atoms with Crippen LogP contribution in [0.2, 0.25) is 0 Å². The van der Waals surface area contributed by atoms with Crippen LogP contribution in [0.15, 0.2) is 23.1 Å². The lowest BCUT2D eigenvalue weighted by Gasteiger charge is -2.26. The highest BCUT2D eigenvalue weighted by Crippen LogP contribution is 2.36. The van der Waals surface area contributed by atoms with Crippen LogP contribution in [-0.2, 0) is 43.4 Å². The third-order valence-electron chi connectivity index (χ3n) is 6.66. The summed E-state index contributed by atoms with van der Waals surface area (Å²) in [7, 11) is -3.97. The molecule has 16 heteroatoms. The van der Waals surface area contributed by atoms with Crippen molar-refractivity contribution in [3.63, 3.8) is 0 Å². The van der Waals surface area contributed by atoms with Crippen molar-refractivity contribution in [1.82, 2.24) is 14.2 Å². The fraction of sp³-hybridized carbons (Fsp3) is 0.481. The molecule has 1 aromatic heterocycles. The number of amides is 2. The number of esters is 3. The number of hydrogen-bond donors (Lipinski definition) is 1. The number of nitrogens with zero attached hydrogens (tertiary/aromatic N) is 3. The minimum absolute atomic E-state index is 0.00479. The summed E-state index contributed by atoms with van der Waals surface area (Å²) in [6.07, 6.45) is -0.462. The number of rotatable bonds is 12. The van der Waals surface area contributed by atoms with Gasteiger partial charge in [-0.2, -0.15) is 4.31 Å². The zero-order valence-electron chi connectivity index (χ0n) is 23.9. The maximum atomic E-state index is 13.7. The topological polar surface area (TPSA) is 188 Å². The second-order valence-corrected chi connectivity index (χ2v) is 11.4. The third-order valence-corrected chi connectivity index (χ3v) is 8.56. The van der Waals surface area contributed by atoms with Gasteiger partial charge >= 0.3 is 17.9 Å². The molecule has 1 fully saturated rings. The van der Waals surface area contributed by atoms with Crippen LogP contribution in [0, 0.1) is 0 Å². The predicted octanol–water partition coefficient (Wildman–Crippen LogP) is 0.712. The molecule has 2 aliphatic rings. The molecule has 0 unspecified atom stereocenters. The number of carbonyl (C=O) groups excluding carboxylic acids is 5. The van der Waals surface area contributed by atoms with Gasteiger partial charge in [-0.25, -0.2) is 18.2 Å². The molecule has 2 aromatic rings. The number of morpholine rings is 1. The van der Waals surface area contributed by atoms with E-state index in [-0.39, 0.29) is 85.4 Å². The largest absolute Gasteiger partial charge is 0.466 e. The van der Waals surface area contributed by atoms with Crippen LogP contribution >= 0.6 is 0 Å². The van der Waals surface area contributed by atoms with E-state index in [4.69, 9.17) is 18.9 Å². The maximum Gasteiger partial charge on any atom is 0.329 e. The average molecular weight is 621 g/mol. The molecule has 232 valence electrons. The van der Waals surface area contributed by atoms with E-state index in [1.165, 1.54) is 29.4 Å². The Bertz CT molecular complexity index is 1550. The van der Waals surface area contributed by atoms with Gasteiger partial charge in [0.25, 0.3) is 11.8 Å². The summed E-state index contributed by atoms with van der Waals surface area (Å²) in [5, 5.41) is 2.86. The molecule has 1 saturated heterocycles. The lowest BCUT2D eigenvalue weighted by molar-refractivity contribution is -0.150. The van der Waals surface area contributed by atoms with Crippen molar-refractivity contribution in [2.75, 3.05) is 58.0 Å². The number of carbonyl (C=O) groups is 5. The summed E-state index contributed by atoms with van der Waals surface area (Å²) in [5.41, 5.74) is -0.249. The standard InChI is InChI=1S/C27H32N4O11S/c1-4-40-21(33)15-20(27(36)41-5-2)29-24-23-22(25(34)31(26(23)35)10-13-42-16(3)32)18-14-17(6-7-19(18)28-24)43(37,38)30-8-11-39-12-9-30/h6-7,14,20H,4-5,8-13,15H2,1-3H3,(H,28,29)/t20-/m1/s1. The van der Waals surface area contributed by atoms with Gasteiger partial charge in [-0.1, -0.05) is 0 Å². The summed E-state index contributed by atoms with van der Waals surface area (Å²) in [4.78, 5) is 68.8. The number of hydrogen-bond acceptors (Lipinski definition) is 13. The molecule has 0 saturated carbocycles. The highest BCUT2D eigenvalue weighted by atomic mass is 32.2. The van der Waals surface area contributed by atoms with Crippen LogP contribution in [0.4, 0.5) is 5.82 Å². The van der Waals surface area contributed by atoms with Crippen molar-refractivity contribution in [3.8, 4) is 0 Å². The van der Waals surface area contributed by atoms with E-state index < -0.39 is 52.2 Å². The van der Waals surface area contributed by atoms with Crippen LogP contribution in [-0.4, -0.2) is 111 Å². The summed E-state index contributed by atoms with van der Waals surface area (Å²) in [5.74, 6) is -3.93. The number of ether oxygens (including phenoxy) is 4. The third kappa shape index (κ3) is 6.76. The van der Waals surface area contributed by atoms with E-state index >= 15 is 0 Å². The number of benzene rings is 1. The van der Waals surface area contributed by atoms with Crippen molar-refractivity contribution in [2.24, 2.45) is 0 Å². The summed E-state index contributed by atoms with van der Waals surface area (Å²) in [6.45, 7) is 4.63. The molecule has 1 N–H and O–H groups in total. The van der Waals surface area contributed by atoms with E-state index in [1.54, 1.807) is 13.8 Å². The lowest BCUT2D eigenvalue weighted by Crippen LogP contribution is -2.40. The summed E-state index contributed by atoms with van der Waals surface area (Å²) < 4.78 is 48.3. The second kappa shape index (κ2) is 13.4. The molecule has 2 aliphatic heterocycles. The van der Waals surface area contributed by atoms with E-state index in [0.29, 0.717) is 0 Å². The van der Waals surface area contributed by atoms with E-state index in [9.17, 15) is 32.4 Å². The van der Waals surface area contributed by atoms with Crippen molar-refractivity contribution in [1.29, 1.82) is 0 Å². The van der Waals surface area contributed by atoms with Gasteiger partial charge in [0.2, 0.25) is 10.0 Å². The number of anilines is 1. The molecular weight excluding hydrogens is 588 g/mol. The molecule has 0 bridgehead atoms. The van der Waals surface area contributed by atoms with Crippen molar-refractivity contribution < 1.29 is 51.3 Å². The first kappa shape index (κ1) is 31.8. The van der Waals surface area contributed by atoms with Crippen molar-refractivity contribution in [2.45, 2.75) is 38.1 Å². The molecule has 3 heterocycles. The van der Waals surface area contributed by atoms with Gasteiger partial charge < -0.3 is 24.3 Å². The highest BCUT2D eigenvalue weighted by molar-refractivity contribution is 7.89. The molecule has 4 rings (SSSR count). The monoisotopic (exact) mass is 620 g/mol. The lowest BCUT2D eigenvalue weighted by atomic mass is 10.0. The molecule has 2 amide bonds. The number of sulfonamides is 1.